The molecule has 1 aliphatic rings. The van der Waals surface area contributed by atoms with E-state index >= 15 is 0 Å². The maximum Gasteiger partial charge on any atom is 0.288 e. The Labute approximate surface area is 194 Å². The minimum absolute atomic E-state index is 0.0540. The lowest BCUT2D eigenvalue weighted by Crippen LogP contribution is -2.31. The van der Waals surface area contributed by atoms with Crippen LogP contribution in [-0.4, -0.2) is 27.4 Å². The van der Waals surface area contributed by atoms with Crippen molar-refractivity contribution in [1.29, 1.82) is 0 Å². The van der Waals surface area contributed by atoms with Gasteiger partial charge in [-0.25, -0.2) is 4.99 Å². The van der Waals surface area contributed by atoms with E-state index in [4.69, 9.17) is 11.6 Å². The van der Waals surface area contributed by atoms with E-state index in [-0.39, 0.29) is 16.6 Å². The molecule has 8 heteroatoms. The largest absolute Gasteiger partial charge is 0.288 e. The lowest BCUT2D eigenvalue weighted by Gasteiger charge is -2.15. The summed E-state index contributed by atoms with van der Waals surface area (Å²) in [5.74, 6) is -0.182. The molecule has 0 radical (unpaired) electrons. The second-order valence-corrected chi connectivity index (χ2v) is 8.42. The topological polar surface area (TPSA) is 75.8 Å². The molecule has 0 saturated carbocycles. The summed E-state index contributed by atoms with van der Waals surface area (Å²) in [5.41, 5.74) is 2.20. The average molecular weight is 464 g/mol. The molecule has 6 nitrogen and oxygen atoms in total. The van der Waals surface area contributed by atoms with Gasteiger partial charge in [-0.15, -0.1) is 0 Å². The Hall–Kier alpha value is -3.42. The van der Waals surface area contributed by atoms with Crippen molar-refractivity contribution < 1.29 is 9.72 Å². The molecule has 0 aliphatic carbocycles. The average Bonchev–Trinajstić information content (AvgIpc) is 3.08. The molecule has 4 rings (SSSR count). The van der Waals surface area contributed by atoms with E-state index in [1.54, 1.807) is 17.0 Å². The highest BCUT2D eigenvalue weighted by Gasteiger charge is 2.33. The highest BCUT2D eigenvalue weighted by atomic mass is 35.5. The Morgan fingerprint density at radius 1 is 1.03 bits per heavy atom. The van der Waals surface area contributed by atoms with Crippen molar-refractivity contribution in [2.24, 2.45) is 4.99 Å². The fourth-order valence-corrected chi connectivity index (χ4v) is 4.41. The third-order valence-corrected chi connectivity index (χ3v) is 6.13. The van der Waals surface area contributed by atoms with E-state index < -0.39 is 4.92 Å². The molecule has 0 N–H and O–H groups in total. The third kappa shape index (κ3) is 5.07. The number of amides is 1. The van der Waals surface area contributed by atoms with Gasteiger partial charge in [0.15, 0.2) is 5.17 Å². The third-order valence-electron chi connectivity index (χ3n) is 4.80. The summed E-state index contributed by atoms with van der Waals surface area (Å²) < 4.78 is 0. The molecule has 1 amide bonds. The summed E-state index contributed by atoms with van der Waals surface area (Å²) in [6, 6.07) is 23.8. The predicted octanol–water partition coefficient (Wildman–Crippen LogP) is 6.09. The number of carbonyl (C=O) groups is 1. The second kappa shape index (κ2) is 9.80. The van der Waals surface area contributed by atoms with E-state index in [1.807, 2.05) is 60.7 Å². The fourth-order valence-electron chi connectivity index (χ4n) is 3.20. The first-order valence-electron chi connectivity index (χ1n) is 9.84. The quantitative estimate of drug-likeness (QED) is 0.251. The van der Waals surface area contributed by atoms with Crippen LogP contribution in [0.15, 0.2) is 88.8 Å². The minimum Gasteiger partial charge on any atom is -0.286 e. The number of para-hydroxylation sites is 1. The van der Waals surface area contributed by atoms with Crippen LogP contribution in [-0.2, 0) is 11.2 Å². The van der Waals surface area contributed by atoms with Gasteiger partial charge in [-0.2, -0.15) is 0 Å². The number of benzene rings is 3. The van der Waals surface area contributed by atoms with E-state index in [0.29, 0.717) is 28.6 Å². The maximum atomic E-state index is 13.2. The number of aliphatic imine (C=N–C) groups is 1. The minimum atomic E-state index is -0.539. The number of rotatable bonds is 6. The normalized spacial score (nSPS) is 16.2. The molecular weight excluding hydrogens is 446 g/mol. The van der Waals surface area contributed by atoms with Gasteiger partial charge < -0.3 is 0 Å². The molecule has 32 heavy (non-hydrogen) atoms. The molecule has 0 aromatic heterocycles. The monoisotopic (exact) mass is 463 g/mol. The van der Waals surface area contributed by atoms with Crippen molar-refractivity contribution in [3.8, 4) is 0 Å². The van der Waals surface area contributed by atoms with Gasteiger partial charge in [0.25, 0.3) is 11.6 Å². The molecule has 1 aliphatic heterocycles. The molecule has 1 saturated heterocycles. The first-order chi connectivity index (χ1) is 15.5. The van der Waals surface area contributed by atoms with Crippen LogP contribution in [0.1, 0.15) is 11.1 Å². The van der Waals surface area contributed by atoms with Gasteiger partial charge in [0.1, 0.15) is 5.02 Å². The molecule has 3 aromatic rings. The van der Waals surface area contributed by atoms with E-state index in [9.17, 15) is 14.9 Å². The molecule has 1 heterocycles. The summed E-state index contributed by atoms with van der Waals surface area (Å²) in [6.45, 7) is 0.472. The summed E-state index contributed by atoms with van der Waals surface area (Å²) >= 11 is 7.17. The molecule has 0 bridgehead atoms. The number of nitro benzene ring substituents is 1. The Morgan fingerprint density at radius 3 is 2.41 bits per heavy atom. The Bertz CT molecular complexity index is 1210. The summed E-state index contributed by atoms with van der Waals surface area (Å²) in [7, 11) is 0. The van der Waals surface area contributed by atoms with Crippen molar-refractivity contribution in [3.63, 3.8) is 0 Å². The van der Waals surface area contributed by atoms with Crippen molar-refractivity contribution >= 4 is 51.9 Å². The van der Waals surface area contributed by atoms with Crippen molar-refractivity contribution in [2.45, 2.75) is 6.42 Å². The van der Waals surface area contributed by atoms with Gasteiger partial charge in [0.2, 0.25) is 0 Å². The Balaban J connectivity index is 1.65. The first kappa shape index (κ1) is 21.8. The highest BCUT2D eigenvalue weighted by molar-refractivity contribution is 8.18. The van der Waals surface area contributed by atoms with Crippen LogP contribution in [0, 0.1) is 10.1 Å². The van der Waals surface area contributed by atoms with Crippen molar-refractivity contribution in [3.05, 3.63) is 110 Å². The van der Waals surface area contributed by atoms with Gasteiger partial charge >= 0.3 is 0 Å². The molecular formula is C24H18ClN3O3S. The van der Waals surface area contributed by atoms with Crippen LogP contribution in [0.5, 0.6) is 0 Å². The van der Waals surface area contributed by atoms with Gasteiger partial charge in [-0.3, -0.25) is 19.8 Å². The number of carbonyl (C=O) groups excluding carboxylic acids is 1. The van der Waals surface area contributed by atoms with Crippen molar-refractivity contribution in [1.82, 2.24) is 4.90 Å². The Kier molecular flexibility index (Phi) is 6.68. The lowest BCUT2D eigenvalue weighted by atomic mass is 10.1. The Morgan fingerprint density at radius 2 is 1.72 bits per heavy atom. The summed E-state index contributed by atoms with van der Waals surface area (Å²) in [6.07, 6.45) is 2.32. The fraction of sp³-hybridized carbons (Fsp3) is 0.0833. The summed E-state index contributed by atoms with van der Waals surface area (Å²) in [4.78, 5) is 30.6. The molecule has 3 aromatic carbocycles. The van der Waals surface area contributed by atoms with Crippen LogP contribution in [0.25, 0.3) is 6.08 Å². The van der Waals surface area contributed by atoms with E-state index in [0.717, 1.165) is 11.3 Å². The van der Waals surface area contributed by atoms with E-state index in [1.165, 1.54) is 23.9 Å². The summed E-state index contributed by atoms with van der Waals surface area (Å²) in [5, 5.41) is 11.8. The van der Waals surface area contributed by atoms with Gasteiger partial charge in [-0.05, 0) is 53.6 Å². The SMILES string of the molecule is O=C1/C(=C\c2ccc(Cl)c([N+](=O)[O-])c2)SC(=Nc2ccccc2)N1CCc1ccccc1. The highest BCUT2D eigenvalue weighted by Crippen LogP contribution is 2.35. The number of hydrogen-bond donors (Lipinski definition) is 0. The molecule has 1 fully saturated rings. The van der Waals surface area contributed by atoms with Crippen LogP contribution >= 0.6 is 23.4 Å². The number of halogens is 1. The molecule has 0 atom stereocenters. The molecule has 0 spiro atoms. The lowest BCUT2D eigenvalue weighted by molar-refractivity contribution is -0.384. The van der Waals surface area contributed by atoms with Crippen LogP contribution in [0.2, 0.25) is 5.02 Å². The number of hydrogen-bond acceptors (Lipinski definition) is 5. The van der Waals surface area contributed by atoms with Crippen LogP contribution in [0.4, 0.5) is 11.4 Å². The number of nitrogens with zero attached hydrogens (tertiary/aromatic N) is 3. The predicted molar refractivity (Wildman–Crippen MR) is 129 cm³/mol. The van der Waals surface area contributed by atoms with Gasteiger partial charge in [0.05, 0.1) is 15.5 Å². The van der Waals surface area contributed by atoms with Gasteiger partial charge in [-0.1, -0.05) is 66.2 Å². The standard InChI is InChI=1S/C24H18ClN3O3S/c25-20-12-11-18(15-21(20)28(30)31)16-22-23(29)27(14-13-17-7-3-1-4-8-17)24(32-22)26-19-9-5-2-6-10-19/h1-12,15-16H,13-14H2/b22-16+,26-24?. The molecule has 160 valence electrons. The smallest absolute Gasteiger partial charge is 0.286 e. The zero-order valence-corrected chi connectivity index (χ0v) is 18.4. The maximum absolute atomic E-state index is 13.2. The van der Waals surface area contributed by atoms with E-state index in [2.05, 4.69) is 4.99 Å². The number of amidine groups is 1. The van der Waals surface area contributed by atoms with Crippen LogP contribution in [0.3, 0.4) is 0 Å². The van der Waals surface area contributed by atoms with Crippen LogP contribution < -0.4 is 0 Å². The zero-order valence-electron chi connectivity index (χ0n) is 16.8. The zero-order chi connectivity index (χ0) is 22.5. The number of nitro groups is 1. The number of thioether (sulfide) groups is 1. The van der Waals surface area contributed by atoms with Crippen molar-refractivity contribution in [2.75, 3.05) is 6.54 Å². The first-order valence-corrected chi connectivity index (χ1v) is 11.0. The molecule has 0 unspecified atom stereocenters. The second-order valence-electron chi connectivity index (χ2n) is 7.00. The van der Waals surface area contributed by atoms with Gasteiger partial charge in [0, 0.05) is 12.6 Å².